The minimum Gasteiger partial charge on any atom is -0.396 e. The van der Waals surface area contributed by atoms with E-state index in [9.17, 15) is 10.2 Å². The van der Waals surface area contributed by atoms with Gasteiger partial charge in [-0.3, -0.25) is 0 Å². The molecule has 2 N–H and O–H groups in total. The van der Waals surface area contributed by atoms with Crippen molar-refractivity contribution in [3.05, 3.63) is 11.6 Å². The van der Waals surface area contributed by atoms with Gasteiger partial charge in [0, 0.05) is 6.61 Å². The summed E-state index contributed by atoms with van der Waals surface area (Å²) < 4.78 is 0. The van der Waals surface area contributed by atoms with E-state index in [0.717, 1.165) is 48.9 Å². The molecule has 148 valence electrons. The van der Waals surface area contributed by atoms with Gasteiger partial charge in [-0.1, -0.05) is 32.4 Å². The minimum atomic E-state index is -0.0945. The van der Waals surface area contributed by atoms with Crippen molar-refractivity contribution >= 4 is 0 Å². The van der Waals surface area contributed by atoms with Gasteiger partial charge in [-0.15, -0.1) is 0 Å². The van der Waals surface area contributed by atoms with E-state index < -0.39 is 0 Å². The van der Waals surface area contributed by atoms with E-state index in [2.05, 4.69) is 26.8 Å². The van der Waals surface area contributed by atoms with E-state index in [1.165, 1.54) is 44.9 Å². The molecule has 2 heteroatoms. The second-order valence-electron chi connectivity index (χ2n) is 10.7. The lowest BCUT2D eigenvalue weighted by Crippen LogP contribution is -2.50. The topological polar surface area (TPSA) is 40.5 Å². The van der Waals surface area contributed by atoms with E-state index >= 15 is 0 Å². The van der Waals surface area contributed by atoms with Crippen molar-refractivity contribution in [3.8, 4) is 0 Å². The number of aliphatic hydroxyl groups excluding tert-OH is 2. The summed E-state index contributed by atoms with van der Waals surface area (Å²) in [5, 5.41) is 19.4. The van der Waals surface area contributed by atoms with Crippen molar-refractivity contribution in [3.63, 3.8) is 0 Å². The van der Waals surface area contributed by atoms with E-state index in [1.54, 1.807) is 5.57 Å². The van der Waals surface area contributed by atoms with Crippen LogP contribution in [0, 0.1) is 40.4 Å². The first kappa shape index (κ1) is 19.0. The maximum absolute atomic E-state index is 10.2. The smallest absolute Gasteiger partial charge is 0.0577 e. The molecule has 3 fully saturated rings. The summed E-state index contributed by atoms with van der Waals surface area (Å²) in [4.78, 5) is 0. The summed E-state index contributed by atoms with van der Waals surface area (Å²) in [5.41, 5.74) is 2.47. The van der Waals surface area contributed by atoms with Crippen LogP contribution in [0.3, 0.4) is 0 Å². The lowest BCUT2D eigenvalue weighted by Gasteiger charge is -2.58. The van der Waals surface area contributed by atoms with Gasteiger partial charge in [0.15, 0.2) is 0 Å². The number of allylic oxidation sites excluding steroid dienone is 1. The highest BCUT2D eigenvalue weighted by Crippen LogP contribution is 2.67. The zero-order chi connectivity index (χ0) is 18.5. The maximum atomic E-state index is 10.2. The van der Waals surface area contributed by atoms with Gasteiger partial charge in [-0.2, -0.15) is 0 Å². The van der Waals surface area contributed by atoms with E-state index in [1.807, 2.05) is 0 Å². The van der Waals surface area contributed by atoms with E-state index in [0.29, 0.717) is 17.4 Å². The Morgan fingerprint density at radius 1 is 1.12 bits per heavy atom. The van der Waals surface area contributed by atoms with Crippen LogP contribution in [-0.2, 0) is 0 Å². The highest BCUT2D eigenvalue weighted by Gasteiger charge is 2.58. The Bertz CT molecular complexity index is 554. The molecular weight excluding hydrogens is 320 g/mol. The second kappa shape index (κ2) is 6.92. The second-order valence-corrected chi connectivity index (χ2v) is 10.7. The molecule has 0 aliphatic heterocycles. The molecule has 2 nitrogen and oxygen atoms in total. The van der Waals surface area contributed by atoms with Gasteiger partial charge in [0.2, 0.25) is 0 Å². The normalized spacial score (nSPS) is 49.0. The van der Waals surface area contributed by atoms with Crippen LogP contribution in [0.2, 0.25) is 0 Å². The minimum absolute atomic E-state index is 0.0945. The predicted octanol–water partition coefficient (Wildman–Crippen LogP) is 5.33. The fraction of sp³-hybridized carbons (Fsp3) is 0.917. The van der Waals surface area contributed by atoms with Gasteiger partial charge in [0.05, 0.1) is 6.10 Å². The lowest BCUT2D eigenvalue weighted by atomic mass is 9.47. The summed E-state index contributed by atoms with van der Waals surface area (Å²) in [5.74, 6) is 4.21. The molecule has 0 saturated heterocycles. The van der Waals surface area contributed by atoms with E-state index in [4.69, 9.17) is 0 Å². The van der Waals surface area contributed by atoms with Gasteiger partial charge in [0.1, 0.15) is 0 Å². The van der Waals surface area contributed by atoms with Gasteiger partial charge in [0.25, 0.3) is 0 Å². The molecule has 8 atom stereocenters. The first-order valence-corrected chi connectivity index (χ1v) is 11.4. The highest BCUT2D eigenvalue weighted by atomic mass is 16.3. The first-order chi connectivity index (χ1) is 12.4. The third kappa shape index (κ3) is 2.82. The summed E-state index contributed by atoms with van der Waals surface area (Å²) in [6.07, 6.45) is 14.6. The molecule has 0 aromatic rings. The number of aliphatic hydroxyl groups is 2. The molecule has 4 rings (SSSR count). The molecule has 0 spiro atoms. The summed E-state index contributed by atoms with van der Waals surface area (Å²) in [7, 11) is 0. The Morgan fingerprint density at radius 3 is 2.69 bits per heavy atom. The monoisotopic (exact) mass is 360 g/mol. The molecule has 0 heterocycles. The molecule has 0 aromatic carbocycles. The lowest BCUT2D eigenvalue weighted by molar-refractivity contribution is -0.0574. The predicted molar refractivity (Wildman–Crippen MR) is 107 cm³/mol. The van der Waals surface area contributed by atoms with Crippen LogP contribution in [0.25, 0.3) is 0 Å². The molecule has 26 heavy (non-hydrogen) atoms. The van der Waals surface area contributed by atoms with Crippen molar-refractivity contribution < 1.29 is 10.2 Å². The molecule has 0 unspecified atom stereocenters. The first-order valence-electron chi connectivity index (χ1n) is 11.4. The van der Waals surface area contributed by atoms with Crippen molar-refractivity contribution in [2.75, 3.05) is 6.61 Å². The zero-order valence-corrected chi connectivity index (χ0v) is 17.2. The number of hydrogen-bond acceptors (Lipinski definition) is 2. The molecule has 0 radical (unpaired) electrons. The Balaban J connectivity index is 1.56. The van der Waals surface area contributed by atoms with Crippen LogP contribution in [0.5, 0.6) is 0 Å². The van der Waals surface area contributed by atoms with Gasteiger partial charge < -0.3 is 10.2 Å². The van der Waals surface area contributed by atoms with Crippen molar-refractivity contribution in [1.82, 2.24) is 0 Å². The van der Waals surface area contributed by atoms with Crippen LogP contribution in [0.4, 0.5) is 0 Å². The van der Waals surface area contributed by atoms with Crippen LogP contribution < -0.4 is 0 Å². The molecule has 4 aliphatic rings. The van der Waals surface area contributed by atoms with Gasteiger partial charge >= 0.3 is 0 Å². The zero-order valence-electron chi connectivity index (χ0n) is 17.2. The standard InChI is InChI=1S/C24H40O2/c1-16(5-4-14-25)20-8-9-21-19-7-6-17-15-18(26)10-12-23(17,2)22(19)11-13-24(20,21)3/h6,16,18-22,25-26H,4-5,7-15H2,1-3H3/t16-,18-,19+,20-,21+,22+,23-,24-/m0/s1. The molecule has 3 saturated carbocycles. The van der Waals surface area contributed by atoms with Crippen LogP contribution in [-0.4, -0.2) is 22.9 Å². The molecule has 0 amide bonds. The van der Waals surface area contributed by atoms with Crippen LogP contribution in [0.15, 0.2) is 11.6 Å². The summed E-state index contributed by atoms with van der Waals surface area (Å²) in [6, 6.07) is 0. The maximum Gasteiger partial charge on any atom is 0.0577 e. The molecule has 4 aliphatic carbocycles. The van der Waals surface area contributed by atoms with Crippen molar-refractivity contribution in [1.29, 1.82) is 0 Å². The molecule has 0 aromatic heterocycles. The fourth-order valence-electron chi connectivity index (χ4n) is 8.23. The highest BCUT2D eigenvalue weighted by molar-refractivity contribution is 5.25. The third-order valence-electron chi connectivity index (χ3n) is 9.66. The average Bonchev–Trinajstić information content (AvgIpc) is 2.97. The number of rotatable bonds is 4. The Morgan fingerprint density at radius 2 is 1.92 bits per heavy atom. The van der Waals surface area contributed by atoms with E-state index in [-0.39, 0.29) is 6.10 Å². The molecule has 0 bridgehead atoms. The van der Waals surface area contributed by atoms with Crippen LogP contribution in [0.1, 0.15) is 85.0 Å². The largest absolute Gasteiger partial charge is 0.396 e. The number of hydrogen-bond donors (Lipinski definition) is 2. The average molecular weight is 361 g/mol. The fourth-order valence-corrected chi connectivity index (χ4v) is 8.23. The third-order valence-corrected chi connectivity index (χ3v) is 9.66. The van der Waals surface area contributed by atoms with Crippen LogP contribution >= 0.6 is 0 Å². The van der Waals surface area contributed by atoms with Gasteiger partial charge in [-0.05, 0) is 105 Å². The van der Waals surface area contributed by atoms with Crippen molar-refractivity contribution in [2.45, 2.75) is 91.1 Å². The summed E-state index contributed by atoms with van der Waals surface area (Å²) in [6.45, 7) is 7.94. The summed E-state index contributed by atoms with van der Waals surface area (Å²) >= 11 is 0. The van der Waals surface area contributed by atoms with Gasteiger partial charge in [-0.25, -0.2) is 0 Å². The Hall–Kier alpha value is -0.340. The Labute approximate surface area is 160 Å². The van der Waals surface area contributed by atoms with Crippen molar-refractivity contribution in [2.24, 2.45) is 40.4 Å². The quantitative estimate of drug-likeness (QED) is 0.665. The SMILES string of the molecule is C[C@@H](CCCO)[C@@H]1CC[C@@H]2[C@H]3CC=C4C[C@@H](O)CC[C@]4(C)[C@@H]3CC[C@]21C. The number of fused-ring (bicyclic) bond motifs is 5. The molecular formula is C24H40O2. The Kier molecular flexibility index (Phi) is 5.06.